The van der Waals surface area contributed by atoms with Crippen molar-refractivity contribution in [1.82, 2.24) is 4.90 Å². The van der Waals surface area contributed by atoms with E-state index in [-0.39, 0.29) is 11.7 Å². The summed E-state index contributed by atoms with van der Waals surface area (Å²) in [6, 6.07) is 3.63. The molecule has 1 aromatic carbocycles. The van der Waals surface area contributed by atoms with E-state index in [9.17, 15) is 9.59 Å². The van der Waals surface area contributed by atoms with E-state index < -0.39 is 12.1 Å². The summed E-state index contributed by atoms with van der Waals surface area (Å²) in [7, 11) is 0. The van der Waals surface area contributed by atoms with Gasteiger partial charge in [0, 0.05) is 37.5 Å². The molecule has 2 atom stereocenters. The monoisotopic (exact) mass is 347 g/mol. The first-order valence-corrected chi connectivity index (χ1v) is 8.87. The molecule has 2 heterocycles. The van der Waals surface area contributed by atoms with E-state index in [4.69, 9.17) is 14.6 Å². The number of carbonyl (C=O) groups excluding carboxylic acids is 1. The van der Waals surface area contributed by atoms with Gasteiger partial charge in [0.15, 0.2) is 11.9 Å². The Bertz CT molecular complexity index is 666. The van der Waals surface area contributed by atoms with Gasteiger partial charge in [-0.1, -0.05) is 6.92 Å². The van der Waals surface area contributed by atoms with E-state index in [1.165, 1.54) is 0 Å². The Morgan fingerprint density at radius 3 is 2.68 bits per heavy atom. The number of ether oxygens (including phenoxy) is 2. The molecule has 0 aliphatic carbocycles. The summed E-state index contributed by atoms with van der Waals surface area (Å²) in [4.78, 5) is 26.5. The Hall–Kier alpha value is -1.92. The van der Waals surface area contributed by atoms with Crippen LogP contribution in [-0.4, -0.2) is 60.7 Å². The van der Waals surface area contributed by atoms with Crippen LogP contribution in [0.2, 0.25) is 0 Å². The van der Waals surface area contributed by atoms with E-state index in [0.29, 0.717) is 17.7 Å². The van der Waals surface area contributed by atoms with Gasteiger partial charge in [-0.05, 0) is 36.6 Å². The smallest absolute Gasteiger partial charge is 0.345 e. The first kappa shape index (κ1) is 17.9. The fraction of sp³-hybridized carbons (Fsp3) is 0.579. The molecular weight excluding hydrogens is 322 g/mol. The van der Waals surface area contributed by atoms with Crippen LogP contribution in [0.3, 0.4) is 0 Å². The maximum absolute atomic E-state index is 13.1. The molecule has 0 radical (unpaired) electrons. The molecule has 25 heavy (non-hydrogen) atoms. The molecular formula is C19H25NO5. The van der Waals surface area contributed by atoms with E-state index in [0.717, 1.165) is 50.4 Å². The topological polar surface area (TPSA) is 76.1 Å². The van der Waals surface area contributed by atoms with Crippen LogP contribution in [0.4, 0.5) is 0 Å². The zero-order valence-electron chi connectivity index (χ0n) is 14.8. The molecule has 3 rings (SSSR count). The summed E-state index contributed by atoms with van der Waals surface area (Å²) in [6.07, 6.45) is 0.238. The normalized spacial score (nSPS) is 21.4. The highest BCUT2D eigenvalue weighted by molar-refractivity contribution is 5.99. The quantitative estimate of drug-likeness (QED) is 0.793. The lowest BCUT2D eigenvalue weighted by Gasteiger charge is -2.29. The molecule has 2 unspecified atom stereocenters. The Labute approximate surface area is 147 Å². The fourth-order valence-corrected chi connectivity index (χ4v) is 3.51. The lowest BCUT2D eigenvalue weighted by atomic mass is 9.90. The third-order valence-electron chi connectivity index (χ3n) is 5.07. The van der Waals surface area contributed by atoms with Gasteiger partial charge in [0.1, 0.15) is 5.75 Å². The third-order valence-corrected chi connectivity index (χ3v) is 5.07. The van der Waals surface area contributed by atoms with Crippen molar-refractivity contribution in [3.8, 4) is 5.75 Å². The number of benzene rings is 1. The van der Waals surface area contributed by atoms with Crippen LogP contribution in [0.1, 0.15) is 34.8 Å². The Kier molecular flexibility index (Phi) is 5.39. The third kappa shape index (κ3) is 3.85. The number of carboxylic acid groups (broad SMARTS) is 1. The minimum atomic E-state index is -0.972. The van der Waals surface area contributed by atoms with E-state index in [2.05, 4.69) is 4.90 Å². The first-order chi connectivity index (χ1) is 12.0. The molecule has 0 spiro atoms. The van der Waals surface area contributed by atoms with Crippen LogP contribution >= 0.6 is 0 Å². The number of morpholine rings is 1. The zero-order chi connectivity index (χ0) is 18.0. The lowest BCUT2D eigenvalue weighted by molar-refractivity contribution is -0.144. The summed E-state index contributed by atoms with van der Waals surface area (Å²) in [5.74, 6) is -0.316. The van der Waals surface area contributed by atoms with Crippen molar-refractivity contribution in [2.24, 2.45) is 5.92 Å². The predicted molar refractivity (Wildman–Crippen MR) is 92.3 cm³/mol. The molecule has 6 heteroatoms. The largest absolute Gasteiger partial charge is 0.478 e. The van der Waals surface area contributed by atoms with Gasteiger partial charge in [-0.25, -0.2) is 4.79 Å². The van der Waals surface area contributed by atoms with Crippen molar-refractivity contribution in [3.63, 3.8) is 0 Å². The SMILES string of the molecule is CCC(CN1CCOCC1)C(=O)c1cc2c(cc1C)OC(C(=O)O)C2. The molecule has 0 amide bonds. The number of hydrogen-bond donors (Lipinski definition) is 1. The number of fused-ring (bicyclic) bond motifs is 1. The molecule has 1 aromatic rings. The van der Waals surface area contributed by atoms with Gasteiger partial charge in [0.25, 0.3) is 0 Å². The van der Waals surface area contributed by atoms with Crippen molar-refractivity contribution in [2.45, 2.75) is 32.8 Å². The average molecular weight is 347 g/mol. The second-order valence-corrected chi connectivity index (χ2v) is 6.81. The van der Waals surface area contributed by atoms with Gasteiger partial charge in [0.2, 0.25) is 0 Å². The van der Waals surface area contributed by atoms with Gasteiger partial charge in [-0.3, -0.25) is 9.69 Å². The van der Waals surface area contributed by atoms with Crippen LogP contribution in [0.25, 0.3) is 0 Å². The number of Topliss-reactive ketones (excluding diaryl/α,β-unsaturated/α-hetero) is 1. The zero-order valence-corrected chi connectivity index (χ0v) is 14.8. The number of aliphatic carboxylic acids is 1. The highest BCUT2D eigenvalue weighted by atomic mass is 16.5. The van der Waals surface area contributed by atoms with Gasteiger partial charge < -0.3 is 14.6 Å². The van der Waals surface area contributed by atoms with Crippen LogP contribution in [0.15, 0.2) is 12.1 Å². The molecule has 136 valence electrons. The van der Waals surface area contributed by atoms with E-state index >= 15 is 0 Å². The number of ketones is 1. The highest BCUT2D eigenvalue weighted by Crippen LogP contribution is 2.33. The lowest BCUT2D eigenvalue weighted by Crippen LogP contribution is -2.41. The number of aryl methyl sites for hydroxylation is 1. The second kappa shape index (κ2) is 7.54. The maximum atomic E-state index is 13.1. The average Bonchev–Trinajstić information content (AvgIpc) is 3.02. The fourth-order valence-electron chi connectivity index (χ4n) is 3.51. The predicted octanol–water partition coefficient (Wildman–Crippen LogP) is 1.92. The van der Waals surface area contributed by atoms with Gasteiger partial charge in [-0.2, -0.15) is 0 Å². The van der Waals surface area contributed by atoms with E-state index in [1.807, 2.05) is 19.9 Å². The highest BCUT2D eigenvalue weighted by Gasteiger charge is 2.31. The van der Waals surface area contributed by atoms with Crippen LogP contribution in [-0.2, 0) is 16.0 Å². The van der Waals surface area contributed by atoms with Crippen molar-refractivity contribution in [3.05, 3.63) is 28.8 Å². The number of hydrogen-bond acceptors (Lipinski definition) is 5. The Morgan fingerprint density at radius 1 is 1.32 bits per heavy atom. The van der Waals surface area contributed by atoms with Crippen LogP contribution in [0.5, 0.6) is 5.75 Å². The van der Waals surface area contributed by atoms with Crippen molar-refractivity contribution < 1.29 is 24.2 Å². The first-order valence-electron chi connectivity index (χ1n) is 8.87. The molecule has 6 nitrogen and oxygen atoms in total. The summed E-state index contributed by atoms with van der Waals surface area (Å²) in [5, 5.41) is 9.13. The Balaban J connectivity index is 1.77. The second-order valence-electron chi connectivity index (χ2n) is 6.81. The molecule has 1 N–H and O–H groups in total. The molecule has 0 aromatic heterocycles. The standard InChI is InChI=1S/C19H25NO5/c1-3-13(11-20-4-6-24-7-5-20)18(21)15-9-14-10-17(19(22)23)25-16(14)8-12(15)2/h8-9,13,17H,3-7,10-11H2,1-2H3,(H,22,23). The van der Waals surface area contributed by atoms with Crippen LogP contribution in [0, 0.1) is 12.8 Å². The van der Waals surface area contributed by atoms with Gasteiger partial charge >= 0.3 is 5.97 Å². The van der Waals surface area contributed by atoms with Crippen molar-refractivity contribution in [1.29, 1.82) is 0 Å². The molecule has 0 bridgehead atoms. The minimum Gasteiger partial charge on any atom is -0.478 e. The van der Waals surface area contributed by atoms with Crippen molar-refractivity contribution >= 4 is 11.8 Å². The van der Waals surface area contributed by atoms with E-state index in [1.54, 1.807) is 6.07 Å². The number of carboxylic acids is 1. The maximum Gasteiger partial charge on any atom is 0.345 e. The number of rotatable bonds is 6. The minimum absolute atomic E-state index is 0.0626. The summed E-state index contributed by atoms with van der Waals surface area (Å²) < 4.78 is 10.8. The molecule has 2 aliphatic heterocycles. The number of carbonyl (C=O) groups is 2. The Morgan fingerprint density at radius 2 is 2.04 bits per heavy atom. The van der Waals surface area contributed by atoms with Crippen LogP contribution < -0.4 is 4.74 Å². The molecule has 1 saturated heterocycles. The van der Waals surface area contributed by atoms with Crippen molar-refractivity contribution in [2.75, 3.05) is 32.8 Å². The number of nitrogens with zero attached hydrogens (tertiary/aromatic N) is 1. The molecule has 1 fully saturated rings. The summed E-state index contributed by atoms with van der Waals surface area (Å²) in [5.41, 5.74) is 2.34. The molecule has 2 aliphatic rings. The van der Waals surface area contributed by atoms with Gasteiger partial charge in [0.05, 0.1) is 13.2 Å². The molecule has 0 saturated carbocycles. The summed E-state index contributed by atoms with van der Waals surface area (Å²) >= 11 is 0. The van der Waals surface area contributed by atoms with Gasteiger partial charge in [-0.15, -0.1) is 0 Å². The summed E-state index contributed by atoms with van der Waals surface area (Å²) in [6.45, 7) is 7.82.